The van der Waals surface area contributed by atoms with E-state index in [2.05, 4.69) is 4.74 Å². The molecule has 5 nitrogen and oxygen atoms in total. The number of phenolic OH excluding ortho intramolecular Hbond substituents is 2. The van der Waals surface area contributed by atoms with Crippen molar-refractivity contribution in [1.29, 1.82) is 0 Å². The third-order valence-electron chi connectivity index (χ3n) is 2.02. The van der Waals surface area contributed by atoms with E-state index >= 15 is 0 Å². The molecule has 0 saturated heterocycles. The van der Waals surface area contributed by atoms with Crippen LogP contribution in [0.5, 0.6) is 11.5 Å². The Morgan fingerprint density at radius 2 is 2.07 bits per heavy atom. The second kappa shape index (κ2) is 4.65. The van der Waals surface area contributed by atoms with Gasteiger partial charge >= 0.3 is 5.97 Å². The molecule has 0 aliphatic carbocycles. The molecule has 0 radical (unpaired) electrons. The molecule has 15 heavy (non-hydrogen) atoms. The van der Waals surface area contributed by atoms with Crippen molar-refractivity contribution in [2.24, 2.45) is 5.73 Å². The summed E-state index contributed by atoms with van der Waals surface area (Å²) in [6, 6.07) is 2.49. The van der Waals surface area contributed by atoms with Crippen LogP contribution in [0.2, 0.25) is 0 Å². The Bertz CT molecular complexity index is 376. The van der Waals surface area contributed by atoms with E-state index in [4.69, 9.17) is 5.73 Å². The quantitative estimate of drug-likeness (QED) is 0.629. The third-order valence-corrected chi connectivity index (χ3v) is 2.02. The van der Waals surface area contributed by atoms with Crippen molar-refractivity contribution in [3.63, 3.8) is 0 Å². The van der Waals surface area contributed by atoms with Gasteiger partial charge in [0.15, 0.2) is 0 Å². The topological polar surface area (TPSA) is 92.8 Å². The maximum atomic E-state index is 11.2. The first-order valence-electron chi connectivity index (χ1n) is 4.43. The zero-order chi connectivity index (χ0) is 11.4. The van der Waals surface area contributed by atoms with Gasteiger partial charge in [0.1, 0.15) is 17.1 Å². The normalized spacial score (nSPS) is 10.0. The fraction of sp³-hybridized carbons (Fsp3) is 0.300. The van der Waals surface area contributed by atoms with E-state index in [-0.39, 0.29) is 17.1 Å². The molecule has 0 amide bonds. The number of hydrogen-bond donors (Lipinski definition) is 3. The van der Waals surface area contributed by atoms with Crippen LogP contribution >= 0.6 is 0 Å². The van der Waals surface area contributed by atoms with E-state index < -0.39 is 5.97 Å². The van der Waals surface area contributed by atoms with E-state index in [1.54, 1.807) is 0 Å². The van der Waals surface area contributed by atoms with Gasteiger partial charge in [0.05, 0.1) is 7.11 Å². The van der Waals surface area contributed by atoms with Gasteiger partial charge in [-0.2, -0.15) is 0 Å². The van der Waals surface area contributed by atoms with Crippen LogP contribution < -0.4 is 5.73 Å². The number of nitrogens with two attached hydrogens (primary N) is 1. The fourth-order valence-corrected chi connectivity index (χ4v) is 1.25. The van der Waals surface area contributed by atoms with Crippen LogP contribution in [0.25, 0.3) is 0 Å². The van der Waals surface area contributed by atoms with Crippen LogP contribution in [0.1, 0.15) is 15.9 Å². The van der Waals surface area contributed by atoms with Crippen LogP contribution in [0.4, 0.5) is 0 Å². The van der Waals surface area contributed by atoms with E-state index in [1.807, 2.05) is 0 Å². The Morgan fingerprint density at radius 1 is 1.40 bits per heavy atom. The number of phenols is 2. The molecule has 82 valence electrons. The summed E-state index contributed by atoms with van der Waals surface area (Å²) in [5, 5.41) is 18.8. The molecule has 0 fully saturated rings. The minimum absolute atomic E-state index is 0.0266. The molecule has 1 rings (SSSR count). The average molecular weight is 211 g/mol. The van der Waals surface area contributed by atoms with Crippen molar-refractivity contribution in [3.8, 4) is 11.5 Å². The lowest BCUT2D eigenvalue weighted by molar-refractivity contribution is 0.0597. The Balaban J connectivity index is 3.17. The minimum atomic E-state index is -0.647. The molecular formula is C10H13NO4. The first kappa shape index (κ1) is 11.3. The number of methoxy groups -OCH3 is 1. The van der Waals surface area contributed by atoms with Gasteiger partial charge in [0, 0.05) is 6.07 Å². The Kier molecular flexibility index (Phi) is 3.51. The Hall–Kier alpha value is -1.75. The van der Waals surface area contributed by atoms with E-state index in [9.17, 15) is 15.0 Å². The number of aromatic hydroxyl groups is 2. The molecule has 4 N–H and O–H groups in total. The lowest BCUT2D eigenvalue weighted by Gasteiger charge is -2.07. The molecule has 0 spiro atoms. The Labute approximate surface area is 87.1 Å². The largest absolute Gasteiger partial charge is 0.508 e. The number of esters is 1. The smallest absolute Gasteiger partial charge is 0.341 e. The first-order valence-corrected chi connectivity index (χ1v) is 4.43. The van der Waals surface area contributed by atoms with Gasteiger partial charge in [0.2, 0.25) is 0 Å². The van der Waals surface area contributed by atoms with Crippen LogP contribution in [-0.4, -0.2) is 29.8 Å². The summed E-state index contributed by atoms with van der Waals surface area (Å²) in [4.78, 5) is 11.2. The lowest BCUT2D eigenvalue weighted by Crippen LogP contribution is -2.06. The summed E-state index contributed by atoms with van der Waals surface area (Å²) in [7, 11) is 1.22. The fourth-order valence-electron chi connectivity index (χ4n) is 1.25. The summed E-state index contributed by atoms with van der Waals surface area (Å²) in [5.74, 6) is -1.03. The number of benzene rings is 1. The average Bonchev–Trinajstić information content (AvgIpc) is 2.21. The summed E-state index contributed by atoms with van der Waals surface area (Å²) >= 11 is 0. The van der Waals surface area contributed by atoms with Crippen molar-refractivity contribution in [2.45, 2.75) is 6.42 Å². The highest BCUT2D eigenvalue weighted by atomic mass is 16.5. The number of carbonyl (C=O) groups is 1. The maximum Gasteiger partial charge on any atom is 0.341 e. The monoisotopic (exact) mass is 211 g/mol. The van der Waals surface area contributed by atoms with Gasteiger partial charge in [-0.1, -0.05) is 0 Å². The minimum Gasteiger partial charge on any atom is -0.508 e. The molecular weight excluding hydrogens is 198 g/mol. The molecule has 5 heteroatoms. The van der Waals surface area contributed by atoms with E-state index in [0.717, 1.165) is 6.07 Å². The number of ether oxygens (including phenoxy) is 1. The highest BCUT2D eigenvalue weighted by Crippen LogP contribution is 2.27. The van der Waals surface area contributed by atoms with Crippen molar-refractivity contribution in [1.82, 2.24) is 0 Å². The standard InChI is InChI=1S/C10H13NO4/c1-15-10(14)7-4-6(2-3-11)8(12)5-9(7)13/h4-5,12-13H,2-3,11H2,1H3. The van der Waals surface area contributed by atoms with Gasteiger partial charge in [-0.05, 0) is 24.6 Å². The number of rotatable bonds is 3. The summed E-state index contributed by atoms with van der Waals surface area (Å²) in [6.45, 7) is 0.346. The van der Waals surface area contributed by atoms with Gasteiger partial charge < -0.3 is 20.7 Å². The zero-order valence-corrected chi connectivity index (χ0v) is 8.36. The lowest BCUT2D eigenvalue weighted by atomic mass is 10.1. The predicted octanol–water partition coefficient (Wildman–Crippen LogP) is 0.386. The van der Waals surface area contributed by atoms with Crippen molar-refractivity contribution < 1.29 is 19.7 Å². The third kappa shape index (κ3) is 2.38. The van der Waals surface area contributed by atoms with Crippen LogP contribution in [-0.2, 0) is 11.2 Å². The van der Waals surface area contributed by atoms with Crippen molar-refractivity contribution >= 4 is 5.97 Å². The van der Waals surface area contributed by atoms with Crippen molar-refractivity contribution in [2.75, 3.05) is 13.7 Å². The molecule has 0 atom stereocenters. The molecule has 0 heterocycles. The van der Waals surface area contributed by atoms with Crippen LogP contribution in [0.15, 0.2) is 12.1 Å². The molecule has 1 aromatic rings. The zero-order valence-electron chi connectivity index (χ0n) is 8.36. The summed E-state index contributed by atoms with van der Waals surface area (Å²) in [6.07, 6.45) is 0.427. The molecule has 0 unspecified atom stereocenters. The molecule has 0 saturated carbocycles. The van der Waals surface area contributed by atoms with Crippen LogP contribution in [0, 0.1) is 0 Å². The molecule has 0 aliphatic heterocycles. The summed E-state index contributed by atoms with van der Waals surface area (Å²) in [5.41, 5.74) is 5.87. The molecule has 0 aromatic heterocycles. The molecule has 0 bridgehead atoms. The summed E-state index contributed by atoms with van der Waals surface area (Å²) < 4.78 is 4.48. The van der Waals surface area contributed by atoms with Gasteiger partial charge in [-0.15, -0.1) is 0 Å². The van der Waals surface area contributed by atoms with Gasteiger partial charge in [0.25, 0.3) is 0 Å². The van der Waals surface area contributed by atoms with E-state index in [0.29, 0.717) is 18.5 Å². The highest BCUT2D eigenvalue weighted by molar-refractivity contribution is 5.92. The van der Waals surface area contributed by atoms with Gasteiger partial charge in [-0.25, -0.2) is 4.79 Å². The number of hydrogen-bond acceptors (Lipinski definition) is 5. The van der Waals surface area contributed by atoms with Crippen LogP contribution in [0.3, 0.4) is 0 Å². The van der Waals surface area contributed by atoms with Crippen molar-refractivity contribution in [3.05, 3.63) is 23.3 Å². The van der Waals surface area contributed by atoms with E-state index in [1.165, 1.54) is 13.2 Å². The first-order chi connectivity index (χ1) is 7.10. The highest BCUT2D eigenvalue weighted by Gasteiger charge is 2.14. The molecule has 1 aromatic carbocycles. The van der Waals surface area contributed by atoms with Gasteiger partial charge in [-0.3, -0.25) is 0 Å². The maximum absolute atomic E-state index is 11.2. The second-order valence-electron chi connectivity index (χ2n) is 3.03. The number of carbonyl (C=O) groups excluding carboxylic acids is 1. The Morgan fingerprint density at radius 3 is 2.60 bits per heavy atom. The molecule has 0 aliphatic rings. The predicted molar refractivity (Wildman–Crippen MR) is 53.9 cm³/mol. The second-order valence-corrected chi connectivity index (χ2v) is 3.03. The SMILES string of the molecule is COC(=O)c1cc(CCN)c(O)cc1O.